The van der Waals surface area contributed by atoms with E-state index in [0.29, 0.717) is 5.56 Å². The fourth-order valence-electron chi connectivity index (χ4n) is 2.79. The first kappa shape index (κ1) is 19.2. The molecule has 1 fully saturated rings. The number of piperidine rings is 1. The van der Waals surface area contributed by atoms with Gasteiger partial charge in [-0.25, -0.2) is 4.98 Å². The molecule has 142 valence electrons. The first-order valence-electron chi connectivity index (χ1n) is 8.48. The maximum absolute atomic E-state index is 12.5. The Morgan fingerprint density at radius 3 is 2.48 bits per heavy atom. The number of anilines is 1. The molecule has 1 amide bonds. The number of nitrogens with zero attached hydrogens (tertiary/aromatic N) is 2. The van der Waals surface area contributed by atoms with Crippen molar-refractivity contribution < 1.29 is 18.0 Å². The molecule has 0 spiro atoms. The van der Waals surface area contributed by atoms with Crippen LogP contribution in [0.3, 0.4) is 0 Å². The molecule has 8 heteroatoms. The van der Waals surface area contributed by atoms with Gasteiger partial charge in [0.05, 0.1) is 11.3 Å². The zero-order valence-corrected chi connectivity index (χ0v) is 15.5. The zero-order chi connectivity index (χ0) is 19.4. The third-order valence-corrected chi connectivity index (χ3v) is 5.26. The number of alkyl halides is 3. The number of carbonyl (C=O) groups excluding carboxylic acids is 1. The number of carbonyl (C=O) groups is 1. The first-order valence-corrected chi connectivity index (χ1v) is 9.36. The van der Waals surface area contributed by atoms with Crippen molar-refractivity contribution in [3.63, 3.8) is 0 Å². The summed E-state index contributed by atoms with van der Waals surface area (Å²) >= 11 is 1.61. The number of hydrogen-bond acceptors (Lipinski definition) is 4. The molecule has 1 aromatic heterocycles. The summed E-state index contributed by atoms with van der Waals surface area (Å²) in [6, 6.07) is 4.47. The Morgan fingerprint density at radius 2 is 1.93 bits per heavy atom. The highest BCUT2D eigenvalue weighted by atomic mass is 32.1. The van der Waals surface area contributed by atoms with Gasteiger partial charge in [-0.05, 0) is 44.0 Å². The summed E-state index contributed by atoms with van der Waals surface area (Å²) in [5.74, 6) is 4.63. The minimum absolute atomic E-state index is 0.0386. The van der Waals surface area contributed by atoms with Crippen molar-refractivity contribution >= 4 is 22.4 Å². The van der Waals surface area contributed by atoms with E-state index in [4.69, 9.17) is 0 Å². The quantitative estimate of drug-likeness (QED) is 0.793. The average molecular weight is 393 g/mol. The Bertz CT molecular complexity index is 857. The van der Waals surface area contributed by atoms with E-state index in [1.165, 1.54) is 12.1 Å². The molecule has 0 unspecified atom stereocenters. The molecule has 1 saturated heterocycles. The van der Waals surface area contributed by atoms with Crippen molar-refractivity contribution in [1.29, 1.82) is 0 Å². The van der Waals surface area contributed by atoms with Gasteiger partial charge in [0.25, 0.3) is 5.91 Å². The van der Waals surface area contributed by atoms with E-state index in [0.717, 1.165) is 48.9 Å². The smallest absolute Gasteiger partial charge is 0.348 e. The lowest BCUT2D eigenvalue weighted by atomic mass is 10.1. The van der Waals surface area contributed by atoms with Gasteiger partial charge in [0.1, 0.15) is 0 Å². The minimum Gasteiger partial charge on any atom is -0.348 e. The van der Waals surface area contributed by atoms with E-state index < -0.39 is 17.6 Å². The van der Waals surface area contributed by atoms with Gasteiger partial charge >= 0.3 is 6.18 Å². The zero-order valence-electron chi connectivity index (χ0n) is 14.6. The molecule has 1 aliphatic rings. The maximum Gasteiger partial charge on any atom is 0.416 e. The number of hydrogen-bond donors (Lipinski definition) is 1. The Balaban J connectivity index is 1.50. The van der Waals surface area contributed by atoms with E-state index in [1.807, 2.05) is 12.3 Å². The molecular formula is C19H18F3N3OS. The minimum atomic E-state index is -4.38. The number of benzene rings is 1. The van der Waals surface area contributed by atoms with E-state index in [-0.39, 0.29) is 6.04 Å². The highest BCUT2D eigenvalue weighted by Gasteiger charge is 2.29. The molecule has 2 heterocycles. The third-order valence-electron chi connectivity index (χ3n) is 4.24. The largest absolute Gasteiger partial charge is 0.416 e. The standard InChI is InChI=1S/C19H18F3N3OS/c1-13-12-27-18(23-13)25-10-8-16(9-11-25)24-17(26)7-4-14-2-5-15(6-3-14)19(20,21)22/h2-3,5-6,12,16H,8-11H2,1H3,(H,24,26). The normalized spacial score (nSPS) is 15.2. The second-order valence-electron chi connectivity index (χ2n) is 6.33. The van der Waals surface area contributed by atoms with Gasteiger partial charge in [0.15, 0.2) is 5.13 Å². The fraction of sp³-hybridized carbons (Fsp3) is 0.368. The van der Waals surface area contributed by atoms with Crippen molar-refractivity contribution in [1.82, 2.24) is 10.3 Å². The number of aryl methyl sites for hydroxylation is 1. The monoisotopic (exact) mass is 393 g/mol. The summed E-state index contributed by atoms with van der Waals surface area (Å²) in [5, 5.41) is 5.88. The van der Waals surface area contributed by atoms with Crippen LogP contribution >= 0.6 is 11.3 Å². The Hall–Kier alpha value is -2.53. The van der Waals surface area contributed by atoms with E-state index >= 15 is 0 Å². The van der Waals surface area contributed by atoms with Gasteiger partial charge < -0.3 is 10.2 Å². The maximum atomic E-state index is 12.5. The molecule has 0 bridgehead atoms. The van der Waals surface area contributed by atoms with Crippen molar-refractivity contribution in [2.24, 2.45) is 0 Å². The number of amides is 1. The summed E-state index contributed by atoms with van der Waals surface area (Å²) < 4.78 is 37.6. The van der Waals surface area contributed by atoms with E-state index in [1.54, 1.807) is 11.3 Å². The molecule has 1 N–H and O–H groups in total. The molecule has 0 aliphatic carbocycles. The topological polar surface area (TPSA) is 45.2 Å². The van der Waals surface area contributed by atoms with Gasteiger partial charge in [0.2, 0.25) is 0 Å². The molecule has 1 aromatic carbocycles. The van der Waals surface area contributed by atoms with Gasteiger partial charge in [-0.3, -0.25) is 4.79 Å². The number of nitrogens with one attached hydrogen (secondary N) is 1. The van der Waals surface area contributed by atoms with Crippen LogP contribution in [0.2, 0.25) is 0 Å². The van der Waals surface area contributed by atoms with Crippen molar-refractivity contribution in [3.05, 3.63) is 46.5 Å². The highest BCUT2D eigenvalue weighted by Crippen LogP contribution is 2.29. The van der Waals surface area contributed by atoms with Crippen LogP contribution in [0.5, 0.6) is 0 Å². The number of aromatic nitrogens is 1. The third kappa shape index (κ3) is 5.23. The van der Waals surface area contributed by atoms with Gasteiger partial charge in [0, 0.05) is 36.0 Å². The second-order valence-corrected chi connectivity index (χ2v) is 7.17. The lowest BCUT2D eigenvalue weighted by Crippen LogP contribution is -2.44. The number of halogens is 3. The molecule has 1 aliphatic heterocycles. The fourth-order valence-corrected chi connectivity index (χ4v) is 3.65. The van der Waals surface area contributed by atoms with Crippen LogP contribution in [0, 0.1) is 18.8 Å². The van der Waals surface area contributed by atoms with Crippen molar-refractivity contribution in [3.8, 4) is 11.8 Å². The molecule has 3 rings (SSSR count). The van der Waals surface area contributed by atoms with Crippen molar-refractivity contribution in [2.75, 3.05) is 18.0 Å². The van der Waals surface area contributed by atoms with E-state index in [2.05, 4.69) is 27.0 Å². The van der Waals surface area contributed by atoms with Crippen LogP contribution in [0.25, 0.3) is 0 Å². The molecule has 0 atom stereocenters. The highest BCUT2D eigenvalue weighted by molar-refractivity contribution is 7.13. The summed E-state index contributed by atoms with van der Waals surface area (Å²) in [4.78, 5) is 18.6. The number of thiazole rings is 1. The SMILES string of the molecule is Cc1csc(N2CCC(NC(=O)C#Cc3ccc(C(F)(F)F)cc3)CC2)n1. The Labute approximate surface area is 159 Å². The summed E-state index contributed by atoms with van der Waals surface area (Å²) in [6.07, 6.45) is -2.78. The molecule has 4 nitrogen and oxygen atoms in total. The average Bonchev–Trinajstić information content (AvgIpc) is 3.07. The summed E-state index contributed by atoms with van der Waals surface area (Å²) in [7, 11) is 0. The van der Waals surface area contributed by atoms with Gasteiger partial charge in [-0.2, -0.15) is 13.2 Å². The molecule has 0 radical (unpaired) electrons. The predicted molar refractivity (Wildman–Crippen MR) is 98.6 cm³/mol. The second kappa shape index (κ2) is 8.01. The molecule has 0 saturated carbocycles. The molecule has 27 heavy (non-hydrogen) atoms. The lowest BCUT2D eigenvalue weighted by molar-refractivity contribution is -0.137. The Kier molecular flexibility index (Phi) is 5.71. The van der Waals surface area contributed by atoms with Crippen LogP contribution in [0.4, 0.5) is 18.3 Å². The summed E-state index contributed by atoms with van der Waals surface area (Å²) in [5.41, 5.74) is 0.635. The Morgan fingerprint density at radius 1 is 1.26 bits per heavy atom. The molecular weight excluding hydrogens is 375 g/mol. The predicted octanol–water partition coefficient (Wildman–Crippen LogP) is 3.61. The van der Waals surface area contributed by atoms with Crippen LogP contribution in [0.15, 0.2) is 29.6 Å². The lowest BCUT2D eigenvalue weighted by Gasteiger charge is -2.31. The van der Waals surface area contributed by atoms with E-state index in [9.17, 15) is 18.0 Å². The first-order chi connectivity index (χ1) is 12.8. The van der Waals surface area contributed by atoms with Crippen LogP contribution in [0.1, 0.15) is 29.7 Å². The number of rotatable bonds is 2. The van der Waals surface area contributed by atoms with Gasteiger partial charge in [-0.15, -0.1) is 11.3 Å². The van der Waals surface area contributed by atoms with Crippen LogP contribution < -0.4 is 10.2 Å². The van der Waals surface area contributed by atoms with Crippen LogP contribution in [-0.2, 0) is 11.0 Å². The van der Waals surface area contributed by atoms with Crippen LogP contribution in [-0.4, -0.2) is 30.0 Å². The van der Waals surface area contributed by atoms with Crippen molar-refractivity contribution in [2.45, 2.75) is 32.0 Å². The van der Waals surface area contributed by atoms with Gasteiger partial charge in [-0.1, -0.05) is 5.92 Å². The molecule has 2 aromatic rings. The summed E-state index contributed by atoms with van der Waals surface area (Å²) in [6.45, 7) is 3.58.